The van der Waals surface area contributed by atoms with E-state index in [4.69, 9.17) is 14.6 Å². The molecular weight excluding hydrogens is 336 g/mol. The number of benzene rings is 1. The average molecular weight is 354 g/mol. The highest BCUT2D eigenvalue weighted by molar-refractivity contribution is 9.10. The summed E-state index contributed by atoms with van der Waals surface area (Å²) in [5.41, 5.74) is 0.769. The molecule has 20 heavy (non-hydrogen) atoms. The Kier molecular flexibility index (Phi) is 6.64. The summed E-state index contributed by atoms with van der Waals surface area (Å²) in [6.07, 6.45) is 0. The summed E-state index contributed by atoms with van der Waals surface area (Å²) in [7, 11) is 1.52. The van der Waals surface area contributed by atoms with Crippen LogP contribution in [-0.4, -0.2) is 37.9 Å². The van der Waals surface area contributed by atoms with Crippen LogP contribution >= 0.6 is 15.9 Å². The first-order valence-electron chi connectivity index (χ1n) is 6.12. The molecule has 2 N–H and O–H groups in total. The molecule has 1 rings (SSSR count). The molecule has 0 aliphatic heterocycles. The number of halogens is 3. The molecule has 7 heteroatoms. The van der Waals surface area contributed by atoms with Gasteiger partial charge in [-0.3, -0.25) is 0 Å². The molecule has 0 heterocycles. The first-order valence-corrected chi connectivity index (χ1v) is 6.91. The van der Waals surface area contributed by atoms with Crippen LogP contribution in [0.4, 0.5) is 8.78 Å². The van der Waals surface area contributed by atoms with E-state index in [1.165, 1.54) is 7.11 Å². The minimum Gasteiger partial charge on any atom is -0.493 e. The van der Waals surface area contributed by atoms with Gasteiger partial charge in [0.05, 0.1) is 24.7 Å². The van der Waals surface area contributed by atoms with Gasteiger partial charge in [-0.25, -0.2) is 8.78 Å². The number of hydrogen-bond donors (Lipinski definition) is 2. The smallest absolute Gasteiger partial charge is 0.282 e. The summed E-state index contributed by atoms with van der Waals surface area (Å²) in [6, 6.07) is 3.50. The Bertz CT molecular complexity index is 444. The van der Waals surface area contributed by atoms with Gasteiger partial charge in [-0.05, 0) is 40.5 Å². The maximum Gasteiger partial charge on any atom is 0.282 e. The molecule has 0 atom stereocenters. The number of hydrogen-bond acceptors (Lipinski definition) is 4. The lowest BCUT2D eigenvalue weighted by molar-refractivity contribution is -0.0477. The highest BCUT2D eigenvalue weighted by atomic mass is 79.9. The first kappa shape index (κ1) is 17.1. The van der Waals surface area contributed by atoms with E-state index in [2.05, 4.69) is 21.2 Å². The van der Waals surface area contributed by atoms with E-state index in [0.717, 1.165) is 5.56 Å². The molecule has 0 aliphatic carbocycles. The fourth-order valence-corrected chi connectivity index (χ4v) is 2.21. The van der Waals surface area contributed by atoms with Gasteiger partial charge in [0.1, 0.15) is 6.61 Å². The van der Waals surface area contributed by atoms with Crippen LogP contribution in [-0.2, 0) is 6.54 Å². The van der Waals surface area contributed by atoms with Crippen molar-refractivity contribution in [2.75, 3.05) is 26.9 Å². The molecule has 0 radical (unpaired) electrons. The highest BCUT2D eigenvalue weighted by Crippen LogP contribution is 2.36. The summed E-state index contributed by atoms with van der Waals surface area (Å²) in [5.74, 6) is -2.00. The second kappa shape index (κ2) is 7.75. The highest BCUT2D eigenvalue weighted by Gasteiger charge is 2.26. The quantitative estimate of drug-likeness (QED) is 0.754. The average Bonchev–Trinajstić information content (AvgIpc) is 2.41. The molecule has 0 aromatic heterocycles. The van der Waals surface area contributed by atoms with E-state index in [-0.39, 0.29) is 6.54 Å². The van der Waals surface area contributed by atoms with E-state index in [1.54, 1.807) is 12.1 Å². The van der Waals surface area contributed by atoms with Gasteiger partial charge < -0.3 is 19.9 Å². The van der Waals surface area contributed by atoms with Crippen LogP contribution in [0.1, 0.15) is 12.5 Å². The zero-order chi connectivity index (χ0) is 15.2. The molecule has 114 valence electrons. The third kappa shape index (κ3) is 4.88. The van der Waals surface area contributed by atoms with Gasteiger partial charge in [0, 0.05) is 6.54 Å². The third-order valence-electron chi connectivity index (χ3n) is 2.52. The second-order valence-corrected chi connectivity index (χ2v) is 5.01. The van der Waals surface area contributed by atoms with Crippen LogP contribution in [0.3, 0.4) is 0 Å². The van der Waals surface area contributed by atoms with Crippen LogP contribution in [0.5, 0.6) is 11.5 Å². The topological polar surface area (TPSA) is 50.7 Å². The lowest BCUT2D eigenvalue weighted by Gasteiger charge is -2.16. The summed E-state index contributed by atoms with van der Waals surface area (Å²) >= 11 is 3.36. The van der Waals surface area contributed by atoms with Gasteiger partial charge in [0.15, 0.2) is 11.5 Å². The number of ether oxygens (including phenoxy) is 2. The maximum absolute atomic E-state index is 12.9. The molecule has 0 bridgehead atoms. The zero-order valence-electron chi connectivity index (χ0n) is 11.4. The normalized spacial score (nSPS) is 11.5. The number of aliphatic hydroxyl groups excluding tert-OH is 1. The monoisotopic (exact) mass is 353 g/mol. The number of aliphatic hydroxyl groups is 1. The van der Waals surface area contributed by atoms with E-state index >= 15 is 0 Å². The van der Waals surface area contributed by atoms with Crippen molar-refractivity contribution >= 4 is 15.9 Å². The van der Waals surface area contributed by atoms with Crippen molar-refractivity contribution in [2.45, 2.75) is 19.4 Å². The molecule has 0 aliphatic rings. The lowest BCUT2D eigenvalue weighted by Crippen LogP contribution is -2.35. The van der Waals surface area contributed by atoms with Gasteiger partial charge in [-0.15, -0.1) is 0 Å². The number of methoxy groups -OCH3 is 1. The van der Waals surface area contributed by atoms with Gasteiger partial charge >= 0.3 is 0 Å². The zero-order valence-corrected chi connectivity index (χ0v) is 13.0. The predicted molar refractivity (Wildman–Crippen MR) is 75.6 cm³/mol. The van der Waals surface area contributed by atoms with Crippen LogP contribution in [0.15, 0.2) is 16.6 Å². The molecule has 0 fully saturated rings. The van der Waals surface area contributed by atoms with Crippen LogP contribution in [0, 0.1) is 0 Å². The SMILES string of the molecule is CCOc1c(Br)cc(CNCC(F)(F)CO)cc1OC. The van der Waals surface area contributed by atoms with Crippen LogP contribution in [0.2, 0.25) is 0 Å². The number of nitrogens with one attached hydrogen (secondary N) is 1. The lowest BCUT2D eigenvalue weighted by atomic mass is 10.2. The Morgan fingerprint density at radius 1 is 1.40 bits per heavy atom. The molecular formula is C13H18BrF2NO3. The number of rotatable bonds is 8. The summed E-state index contributed by atoms with van der Waals surface area (Å²) in [4.78, 5) is 0. The van der Waals surface area contributed by atoms with Crippen molar-refractivity contribution in [1.29, 1.82) is 0 Å². The molecule has 0 spiro atoms. The van der Waals surface area contributed by atoms with Crippen LogP contribution in [0.25, 0.3) is 0 Å². The molecule has 4 nitrogen and oxygen atoms in total. The van der Waals surface area contributed by atoms with Crippen molar-refractivity contribution < 1.29 is 23.4 Å². The van der Waals surface area contributed by atoms with E-state index in [9.17, 15) is 8.78 Å². The van der Waals surface area contributed by atoms with Gasteiger partial charge in [-0.2, -0.15) is 0 Å². The Morgan fingerprint density at radius 2 is 2.10 bits per heavy atom. The second-order valence-electron chi connectivity index (χ2n) is 4.16. The fraction of sp³-hybridized carbons (Fsp3) is 0.538. The molecule has 1 aromatic rings. The minimum absolute atomic E-state index is 0.233. The third-order valence-corrected chi connectivity index (χ3v) is 3.11. The summed E-state index contributed by atoms with van der Waals surface area (Å²) < 4.78 is 37.1. The Balaban J connectivity index is 2.75. The van der Waals surface area contributed by atoms with Crippen molar-refractivity contribution in [3.05, 3.63) is 22.2 Å². The molecule has 0 saturated carbocycles. The van der Waals surface area contributed by atoms with Crippen molar-refractivity contribution in [3.8, 4) is 11.5 Å². The van der Waals surface area contributed by atoms with Crippen LogP contribution < -0.4 is 14.8 Å². The Hall–Kier alpha value is -0.920. The summed E-state index contributed by atoms with van der Waals surface area (Å²) in [5, 5.41) is 11.1. The summed E-state index contributed by atoms with van der Waals surface area (Å²) in [6.45, 7) is 0.831. The largest absolute Gasteiger partial charge is 0.493 e. The fourth-order valence-electron chi connectivity index (χ4n) is 1.61. The standard InChI is InChI=1S/C13H18BrF2NO3/c1-3-20-12-10(14)4-9(5-11(12)19-2)6-17-7-13(15,16)8-18/h4-5,17-18H,3,6-8H2,1-2H3. The van der Waals surface area contributed by atoms with E-state index in [0.29, 0.717) is 22.6 Å². The van der Waals surface area contributed by atoms with Gasteiger partial charge in [0.2, 0.25) is 0 Å². The minimum atomic E-state index is -3.12. The van der Waals surface area contributed by atoms with E-state index in [1.807, 2.05) is 6.92 Å². The molecule has 1 aromatic carbocycles. The maximum atomic E-state index is 12.9. The Morgan fingerprint density at radius 3 is 2.65 bits per heavy atom. The first-order chi connectivity index (χ1) is 9.43. The van der Waals surface area contributed by atoms with Gasteiger partial charge in [0.25, 0.3) is 5.92 Å². The van der Waals surface area contributed by atoms with Crippen molar-refractivity contribution in [1.82, 2.24) is 5.32 Å². The molecule has 0 saturated heterocycles. The van der Waals surface area contributed by atoms with Gasteiger partial charge in [-0.1, -0.05) is 0 Å². The molecule has 0 unspecified atom stereocenters. The number of alkyl halides is 2. The van der Waals surface area contributed by atoms with Crippen molar-refractivity contribution in [3.63, 3.8) is 0 Å². The van der Waals surface area contributed by atoms with Crippen molar-refractivity contribution in [2.24, 2.45) is 0 Å². The van der Waals surface area contributed by atoms with E-state index < -0.39 is 19.1 Å². The molecule has 0 amide bonds. The predicted octanol–water partition coefficient (Wildman–Crippen LogP) is 2.57. The Labute approximate surface area is 125 Å².